The third-order valence-electron chi connectivity index (χ3n) is 4.62. The molecule has 1 amide bonds. The largest absolute Gasteiger partial charge is 0.452 e. The third-order valence-corrected chi connectivity index (χ3v) is 6.67. The van der Waals surface area contributed by atoms with E-state index in [1.807, 2.05) is 19.9 Å². The predicted molar refractivity (Wildman–Crippen MR) is 111 cm³/mol. The summed E-state index contributed by atoms with van der Waals surface area (Å²) in [7, 11) is -3.63. The summed E-state index contributed by atoms with van der Waals surface area (Å²) in [6.45, 7) is 7.45. The highest BCUT2D eigenvalue weighted by molar-refractivity contribution is 7.89. The Labute approximate surface area is 171 Å². The number of anilines is 1. The van der Waals surface area contributed by atoms with Crippen LogP contribution in [-0.4, -0.2) is 44.3 Å². The molecule has 0 spiro atoms. The van der Waals surface area contributed by atoms with Gasteiger partial charge in [0.15, 0.2) is 6.61 Å². The van der Waals surface area contributed by atoms with Crippen LogP contribution >= 0.6 is 0 Å². The highest BCUT2D eigenvalue weighted by Gasteiger charge is 2.22. The molecular formula is C21H26N2O5S. The Morgan fingerprint density at radius 3 is 2.34 bits per heavy atom. The van der Waals surface area contributed by atoms with Crippen LogP contribution in [0.2, 0.25) is 0 Å². The number of benzene rings is 2. The smallest absolute Gasteiger partial charge is 0.338 e. The number of nitrogens with zero attached hydrogens (tertiary/aromatic N) is 1. The molecule has 0 aliphatic carbocycles. The molecule has 8 heteroatoms. The van der Waals surface area contributed by atoms with Crippen LogP contribution in [0.4, 0.5) is 5.69 Å². The number of hydrogen-bond donors (Lipinski definition) is 1. The molecule has 0 bridgehead atoms. The number of carbonyl (C=O) groups is 2. The van der Waals surface area contributed by atoms with Gasteiger partial charge in [-0.1, -0.05) is 32.0 Å². The average Bonchev–Trinajstić information content (AvgIpc) is 2.69. The summed E-state index contributed by atoms with van der Waals surface area (Å²) in [5.41, 5.74) is 2.47. The van der Waals surface area contributed by atoms with Crippen LogP contribution in [0.3, 0.4) is 0 Å². The minimum atomic E-state index is -3.63. The summed E-state index contributed by atoms with van der Waals surface area (Å²) in [4.78, 5) is 24.5. The lowest BCUT2D eigenvalue weighted by atomic mass is 10.0. The molecule has 0 atom stereocenters. The SMILES string of the molecule is CCN(CC)S(=O)(=O)c1cccc(NC(=O)COC(=O)c2cccc(C)c2C)c1. The zero-order valence-corrected chi connectivity index (χ0v) is 17.9. The van der Waals surface area contributed by atoms with Gasteiger partial charge in [0, 0.05) is 18.8 Å². The first-order valence-electron chi connectivity index (χ1n) is 9.34. The molecule has 0 radical (unpaired) electrons. The second-order valence-electron chi connectivity index (χ2n) is 6.49. The predicted octanol–water partition coefficient (Wildman–Crippen LogP) is 3.13. The molecule has 156 valence electrons. The number of carbonyl (C=O) groups excluding carboxylic acids is 2. The van der Waals surface area contributed by atoms with Crippen molar-refractivity contribution >= 4 is 27.6 Å². The van der Waals surface area contributed by atoms with E-state index < -0.39 is 28.5 Å². The number of esters is 1. The van der Waals surface area contributed by atoms with Gasteiger partial charge >= 0.3 is 5.97 Å². The molecule has 7 nitrogen and oxygen atoms in total. The van der Waals surface area contributed by atoms with Crippen molar-refractivity contribution in [3.63, 3.8) is 0 Å². The van der Waals surface area contributed by atoms with E-state index in [1.165, 1.54) is 16.4 Å². The van der Waals surface area contributed by atoms with Crippen LogP contribution in [0.1, 0.15) is 35.3 Å². The molecule has 0 fully saturated rings. The third kappa shape index (κ3) is 5.42. The molecule has 0 aliphatic rings. The first kappa shape index (κ1) is 22.6. The van der Waals surface area contributed by atoms with E-state index in [0.29, 0.717) is 24.3 Å². The van der Waals surface area contributed by atoms with E-state index in [4.69, 9.17) is 4.74 Å². The van der Waals surface area contributed by atoms with Crippen LogP contribution in [0, 0.1) is 13.8 Å². The van der Waals surface area contributed by atoms with Crippen molar-refractivity contribution in [1.82, 2.24) is 4.31 Å². The lowest BCUT2D eigenvalue weighted by Gasteiger charge is -2.18. The summed E-state index contributed by atoms with van der Waals surface area (Å²) < 4.78 is 31.6. The van der Waals surface area contributed by atoms with Crippen LogP contribution < -0.4 is 5.32 Å². The number of rotatable bonds is 8. The molecule has 2 rings (SSSR count). The zero-order valence-electron chi connectivity index (χ0n) is 17.1. The Bertz CT molecular complexity index is 998. The van der Waals surface area contributed by atoms with Gasteiger partial charge in [-0.05, 0) is 49.2 Å². The fraction of sp³-hybridized carbons (Fsp3) is 0.333. The molecule has 2 aromatic rings. The summed E-state index contributed by atoms with van der Waals surface area (Å²) in [5.74, 6) is -1.14. The van der Waals surface area contributed by atoms with E-state index in [-0.39, 0.29) is 4.90 Å². The van der Waals surface area contributed by atoms with Crippen molar-refractivity contribution in [2.24, 2.45) is 0 Å². The zero-order chi connectivity index (χ0) is 21.6. The second-order valence-corrected chi connectivity index (χ2v) is 8.43. The van der Waals surface area contributed by atoms with Crippen molar-refractivity contribution < 1.29 is 22.7 Å². The lowest BCUT2D eigenvalue weighted by Crippen LogP contribution is -2.30. The summed E-state index contributed by atoms with van der Waals surface area (Å²) in [5, 5.41) is 2.56. The van der Waals surface area contributed by atoms with Gasteiger partial charge in [-0.15, -0.1) is 0 Å². The summed E-state index contributed by atoms with van der Waals surface area (Å²) >= 11 is 0. The van der Waals surface area contributed by atoms with Crippen molar-refractivity contribution in [3.05, 3.63) is 59.2 Å². The summed E-state index contributed by atoms with van der Waals surface area (Å²) in [6, 6.07) is 11.3. The van der Waals surface area contributed by atoms with Crippen LogP contribution in [0.15, 0.2) is 47.4 Å². The normalized spacial score (nSPS) is 11.3. The van der Waals surface area contributed by atoms with E-state index in [9.17, 15) is 18.0 Å². The standard InChI is InChI=1S/C21H26N2O5S/c1-5-23(6-2)29(26,27)18-11-8-10-17(13-18)22-20(24)14-28-21(25)19-12-7-9-15(3)16(19)4/h7-13H,5-6,14H2,1-4H3,(H,22,24). The number of aryl methyl sites for hydroxylation is 1. The molecule has 0 saturated carbocycles. The van der Waals surface area contributed by atoms with Crippen LogP contribution in [0.5, 0.6) is 0 Å². The first-order chi connectivity index (χ1) is 13.7. The van der Waals surface area contributed by atoms with Gasteiger partial charge in [0.25, 0.3) is 5.91 Å². The van der Waals surface area contributed by atoms with Crippen LogP contribution in [-0.2, 0) is 19.6 Å². The number of sulfonamides is 1. The fourth-order valence-electron chi connectivity index (χ4n) is 2.83. The molecular weight excluding hydrogens is 392 g/mol. The Balaban J connectivity index is 2.04. The van der Waals surface area contributed by atoms with E-state index >= 15 is 0 Å². The Morgan fingerprint density at radius 2 is 1.69 bits per heavy atom. The fourth-order valence-corrected chi connectivity index (χ4v) is 4.33. The maximum absolute atomic E-state index is 12.6. The van der Waals surface area contributed by atoms with E-state index in [1.54, 1.807) is 38.1 Å². The molecule has 29 heavy (non-hydrogen) atoms. The monoisotopic (exact) mass is 418 g/mol. The minimum Gasteiger partial charge on any atom is -0.452 e. The van der Waals surface area contributed by atoms with Gasteiger partial charge in [0.1, 0.15) is 0 Å². The molecule has 1 N–H and O–H groups in total. The van der Waals surface area contributed by atoms with Crippen LogP contribution in [0.25, 0.3) is 0 Å². The van der Waals surface area contributed by atoms with Gasteiger partial charge in [-0.25, -0.2) is 13.2 Å². The van der Waals surface area contributed by atoms with Crippen molar-refractivity contribution in [1.29, 1.82) is 0 Å². The van der Waals surface area contributed by atoms with Crippen molar-refractivity contribution in [3.8, 4) is 0 Å². The second kappa shape index (κ2) is 9.67. The maximum atomic E-state index is 12.6. The lowest BCUT2D eigenvalue weighted by molar-refractivity contribution is -0.119. The van der Waals surface area contributed by atoms with Crippen molar-refractivity contribution in [2.75, 3.05) is 25.0 Å². The summed E-state index contributed by atoms with van der Waals surface area (Å²) in [6.07, 6.45) is 0. The molecule has 0 unspecified atom stereocenters. The average molecular weight is 419 g/mol. The molecule has 2 aromatic carbocycles. The van der Waals surface area contributed by atoms with Gasteiger partial charge < -0.3 is 10.1 Å². The maximum Gasteiger partial charge on any atom is 0.338 e. The van der Waals surface area contributed by atoms with Gasteiger partial charge in [-0.2, -0.15) is 4.31 Å². The molecule has 0 saturated heterocycles. The Kier molecular flexibility index (Phi) is 7.53. The number of hydrogen-bond acceptors (Lipinski definition) is 5. The first-order valence-corrected chi connectivity index (χ1v) is 10.8. The Hall–Kier alpha value is -2.71. The van der Waals surface area contributed by atoms with E-state index in [0.717, 1.165) is 11.1 Å². The van der Waals surface area contributed by atoms with E-state index in [2.05, 4.69) is 5.32 Å². The van der Waals surface area contributed by atoms with Gasteiger partial charge in [0.05, 0.1) is 10.5 Å². The van der Waals surface area contributed by atoms with Gasteiger partial charge in [0.2, 0.25) is 10.0 Å². The molecule has 0 aliphatic heterocycles. The minimum absolute atomic E-state index is 0.0892. The molecule has 0 aromatic heterocycles. The number of ether oxygens (including phenoxy) is 1. The molecule has 0 heterocycles. The van der Waals surface area contributed by atoms with Gasteiger partial charge in [-0.3, -0.25) is 4.79 Å². The Morgan fingerprint density at radius 1 is 1.03 bits per heavy atom. The number of amides is 1. The van der Waals surface area contributed by atoms with Crippen molar-refractivity contribution in [2.45, 2.75) is 32.6 Å². The quantitative estimate of drug-likeness (QED) is 0.665. The number of nitrogens with one attached hydrogen (secondary N) is 1. The highest BCUT2D eigenvalue weighted by Crippen LogP contribution is 2.19. The highest BCUT2D eigenvalue weighted by atomic mass is 32.2. The topological polar surface area (TPSA) is 92.8 Å².